The van der Waals surface area contributed by atoms with Gasteiger partial charge in [-0.1, -0.05) is 18.2 Å². The molecular weight excluding hydrogens is 377 g/mol. The number of aliphatic hydroxyl groups excluding tert-OH is 1. The molecule has 2 heterocycles. The van der Waals surface area contributed by atoms with Crippen molar-refractivity contribution in [2.45, 2.75) is 25.4 Å². The van der Waals surface area contributed by atoms with Crippen molar-refractivity contribution in [3.8, 4) is 11.5 Å². The van der Waals surface area contributed by atoms with E-state index in [1.165, 1.54) is 12.1 Å². The van der Waals surface area contributed by atoms with Crippen LogP contribution in [-0.4, -0.2) is 34.2 Å². The third kappa shape index (κ3) is 3.76. The summed E-state index contributed by atoms with van der Waals surface area (Å²) in [5.74, 6) is 0.223. The van der Waals surface area contributed by atoms with Gasteiger partial charge in [0, 0.05) is 0 Å². The van der Waals surface area contributed by atoms with E-state index in [0.717, 1.165) is 10.1 Å². The molecule has 0 saturated carbocycles. The summed E-state index contributed by atoms with van der Waals surface area (Å²) in [7, 11) is 0. The van der Waals surface area contributed by atoms with Crippen LogP contribution in [0.1, 0.15) is 11.4 Å². The quantitative estimate of drug-likeness (QED) is 0.695. The standard InChI is InChI=1S/C19H17F3N2O4/c20-19(21,22)18-23-14-3-1-2-4-15(14)24(18)8-13(25)10-26-9-12-5-6-16-17(7-12)28-11-27-16/h1-7,13,25H,8-11H2/t13-/m1/s1. The highest BCUT2D eigenvalue weighted by Crippen LogP contribution is 2.33. The molecule has 0 fully saturated rings. The monoisotopic (exact) mass is 394 g/mol. The van der Waals surface area contributed by atoms with E-state index >= 15 is 0 Å². The smallest absolute Gasteiger partial charge is 0.449 e. The van der Waals surface area contributed by atoms with Crippen molar-refractivity contribution < 1.29 is 32.5 Å². The predicted octanol–water partition coefficient (Wildman–Crippen LogP) is 3.36. The average molecular weight is 394 g/mol. The fraction of sp³-hybridized carbons (Fsp3) is 0.316. The number of hydrogen-bond acceptors (Lipinski definition) is 5. The molecule has 0 bridgehead atoms. The van der Waals surface area contributed by atoms with Crippen LogP contribution < -0.4 is 9.47 Å². The normalized spacial score (nSPS) is 14.6. The summed E-state index contributed by atoms with van der Waals surface area (Å²) in [5.41, 5.74) is 1.34. The summed E-state index contributed by atoms with van der Waals surface area (Å²) in [6.45, 7) is -0.0575. The van der Waals surface area contributed by atoms with Crippen molar-refractivity contribution >= 4 is 11.0 Å². The van der Waals surface area contributed by atoms with E-state index in [9.17, 15) is 18.3 Å². The Morgan fingerprint density at radius 1 is 1.14 bits per heavy atom. The van der Waals surface area contributed by atoms with Crippen molar-refractivity contribution in [2.24, 2.45) is 0 Å². The SMILES string of the molecule is O[C@@H](COCc1ccc2c(c1)OCO2)Cn1c(C(F)(F)F)nc2ccccc21. The van der Waals surface area contributed by atoms with Gasteiger partial charge in [0.05, 0.1) is 36.9 Å². The molecule has 3 aromatic rings. The van der Waals surface area contributed by atoms with Crippen molar-refractivity contribution in [1.82, 2.24) is 9.55 Å². The molecule has 4 rings (SSSR count). The maximum Gasteiger partial charge on any atom is 0.449 e. The fourth-order valence-electron chi connectivity index (χ4n) is 3.08. The number of aliphatic hydroxyl groups is 1. The number of halogens is 3. The Labute approximate surface area is 158 Å². The number of hydrogen-bond donors (Lipinski definition) is 1. The number of nitrogens with zero attached hydrogens (tertiary/aromatic N) is 2. The van der Waals surface area contributed by atoms with Crippen molar-refractivity contribution in [3.05, 3.63) is 53.9 Å². The molecule has 1 aliphatic heterocycles. The van der Waals surface area contributed by atoms with Crippen LogP contribution in [0.2, 0.25) is 0 Å². The fourth-order valence-corrected chi connectivity index (χ4v) is 3.08. The van der Waals surface area contributed by atoms with E-state index in [-0.39, 0.29) is 32.1 Å². The van der Waals surface area contributed by atoms with Crippen molar-refractivity contribution in [3.63, 3.8) is 0 Å². The number of aromatic nitrogens is 2. The van der Waals surface area contributed by atoms with Crippen LogP contribution in [0.3, 0.4) is 0 Å². The van der Waals surface area contributed by atoms with Crippen LogP contribution in [0.4, 0.5) is 13.2 Å². The van der Waals surface area contributed by atoms with Crippen LogP contribution in [0.25, 0.3) is 11.0 Å². The zero-order chi connectivity index (χ0) is 19.7. The van der Waals surface area contributed by atoms with Crippen molar-refractivity contribution in [1.29, 1.82) is 0 Å². The van der Waals surface area contributed by atoms with Gasteiger partial charge in [-0.3, -0.25) is 0 Å². The third-order valence-electron chi connectivity index (χ3n) is 4.32. The Morgan fingerprint density at radius 2 is 1.93 bits per heavy atom. The van der Waals surface area contributed by atoms with Gasteiger partial charge in [-0.05, 0) is 29.8 Å². The maximum absolute atomic E-state index is 13.3. The molecule has 1 N–H and O–H groups in total. The van der Waals surface area contributed by atoms with Gasteiger partial charge in [0.15, 0.2) is 11.5 Å². The zero-order valence-corrected chi connectivity index (χ0v) is 14.6. The van der Waals surface area contributed by atoms with E-state index in [2.05, 4.69) is 4.98 Å². The van der Waals surface area contributed by atoms with E-state index in [0.29, 0.717) is 17.0 Å². The number of rotatable bonds is 6. The first kappa shape index (κ1) is 18.6. The summed E-state index contributed by atoms with van der Waals surface area (Å²) in [6.07, 6.45) is -5.75. The Balaban J connectivity index is 1.42. The minimum Gasteiger partial charge on any atom is -0.454 e. The predicted molar refractivity (Wildman–Crippen MR) is 93.0 cm³/mol. The van der Waals surface area contributed by atoms with Crippen molar-refractivity contribution in [2.75, 3.05) is 13.4 Å². The molecule has 0 amide bonds. The van der Waals surface area contributed by atoms with Gasteiger partial charge in [0.1, 0.15) is 0 Å². The summed E-state index contributed by atoms with van der Waals surface area (Å²) in [4.78, 5) is 3.66. The van der Waals surface area contributed by atoms with E-state index in [1.54, 1.807) is 30.3 Å². The number of imidazole rings is 1. The molecule has 1 atom stereocenters. The summed E-state index contributed by atoms with van der Waals surface area (Å²) < 4.78 is 56.8. The van der Waals surface area contributed by atoms with Crippen LogP contribution >= 0.6 is 0 Å². The van der Waals surface area contributed by atoms with E-state index in [4.69, 9.17) is 14.2 Å². The van der Waals surface area contributed by atoms with E-state index < -0.39 is 18.1 Å². The van der Waals surface area contributed by atoms with Gasteiger partial charge >= 0.3 is 6.18 Å². The molecule has 148 valence electrons. The molecular formula is C19H17F3N2O4. The Bertz CT molecular complexity index is 987. The van der Waals surface area contributed by atoms with Crippen LogP contribution in [0, 0.1) is 0 Å². The molecule has 2 aromatic carbocycles. The first-order valence-electron chi connectivity index (χ1n) is 8.58. The lowest BCUT2D eigenvalue weighted by Gasteiger charge is -2.16. The Morgan fingerprint density at radius 3 is 2.75 bits per heavy atom. The first-order valence-corrected chi connectivity index (χ1v) is 8.58. The minimum absolute atomic E-state index is 0.127. The zero-order valence-electron chi connectivity index (χ0n) is 14.6. The summed E-state index contributed by atoms with van der Waals surface area (Å²) in [5, 5.41) is 10.2. The largest absolute Gasteiger partial charge is 0.454 e. The molecule has 0 unspecified atom stereocenters. The lowest BCUT2D eigenvalue weighted by atomic mass is 10.2. The topological polar surface area (TPSA) is 65.7 Å². The van der Waals surface area contributed by atoms with Crippen LogP contribution in [0.15, 0.2) is 42.5 Å². The number of ether oxygens (including phenoxy) is 3. The van der Waals surface area contributed by atoms with Gasteiger partial charge in [-0.15, -0.1) is 0 Å². The summed E-state index contributed by atoms with van der Waals surface area (Å²) in [6, 6.07) is 11.6. The molecule has 1 aromatic heterocycles. The van der Waals surface area contributed by atoms with Gasteiger partial charge in [-0.2, -0.15) is 13.2 Å². The maximum atomic E-state index is 13.3. The van der Waals surface area contributed by atoms with Gasteiger partial charge in [0.25, 0.3) is 0 Å². The molecule has 9 heteroatoms. The van der Waals surface area contributed by atoms with Gasteiger partial charge < -0.3 is 23.9 Å². The highest BCUT2D eigenvalue weighted by molar-refractivity contribution is 5.76. The molecule has 0 aliphatic carbocycles. The van der Waals surface area contributed by atoms with Crippen LogP contribution in [-0.2, 0) is 24.1 Å². The minimum atomic E-state index is -4.62. The number of benzene rings is 2. The molecule has 0 spiro atoms. The van der Waals surface area contributed by atoms with Crippen LogP contribution in [0.5, 0.6) is 11.5 Å². The molecule has 1 aliphatic rings. The number of para-hydroxylation sites is 2. The average Bonchev–Trinajstić information content (AvgIpc) is 3.26. The molecule has 0 radical (unpaired) electrons. The molecule has 0 saturated heterocycles. The first-order chi connectivity index (χ1) is 13.4. The third-order valence-corrected chi connectivity index (χ3v) is 4.32. The highest BCUT2D eigenvalue weighted by Gasteiger charge is 2.37. The highest BCUT2D eigenvalue weighted by atomic mass is 19.4. The molecule has 28 heavy (non-hydrogen) atoms. The summed E-state index contributed by atoms with van der Waals surface area (Å²) >= 11 is 0. The Kier molecular flexibility index (Phi) is 4.86. The lowest BCUT2D eigenvalue weighted by molar-refractivity contribution is -0.147. The van der Waals surface area contributed by atoms with E-state index in [1.807, 2.05) is 0 Å². The van der Waals surface area contributed by atoms with Gasteiger partial charge in [0.2, 0.25) is 12.6 Å². The second-order valence-corrected chi connectivity index (χ2v) is 6.39. The second-order valence-electron chi connectivity index (χ2n) is 6.39. The lowest BCUT2D eigenvalue weighted by Crippen LogP contribution is -2.25. The number of fused-ring (bicyclic) bond motifs is 2. The van der Waals surface area contributed by atoms with Gasteiger partial charge in [-0.25, -0.2) is 4.98 Å². The molecule has 6 nitrogen and oxygen atoms in total. The second kappa shape index (κ2) is 7.33. The Hall–Kier alpha value is -2.78. The number of alkyl halides is 3.